The average molecular weight is 322 g/mol. The number of rotatable bonds is 9. The molecule has 0 unspecified atom stereocenters. The van der Waals surface area contributed by atoms with E-state index >= 15 is 0 Å². The fourth-order valence-corrected chi connectivity index (χ4v) is 3.76. The molecule has 3 heteroatoms. The molecule has 1 aliphatic rings. The summed E-state index contributed by atoms with van der Waals surface area (Å²) in [7, 11) is 0. The Morgan fingerprint density at radius 2 is 2.09 bits per heavy atom. The zero-order valence-corrected chi connectivity index (χ0v) is 15.4. The van der Waals surface area contributed by atoms with Crippen molar-refractivity contribution in [2.75, 3.05) is 13.2 Å². The van der Waals surface area contributed by atoms with E-state index in [9.17, 15) is 0 Å². The van der Waals surface area contributed by atoms with Gasteiger partial charge in [0.1, 0.15) is 5.76 Å². The van der Waals surface area contributed by atoms with E-state index in [1.165, 1.54) is 32.1 Å². The number of hydrogen-bond donors (Lipinski definition) is 1. The molecule has 1 aromatic heterocycles. The van der Waals surface area contributed by atoms with Crippen LogP contribution in [0.25, 0.3) is 0 Å². The second kappa shape index (κ2) is 8.89. The van der Waals surface area contributed by atoms with Crippen molar-refractivity contribution < 1.29 is 9.15 Å². The van der Waals surface area contributed by atoms with E-state index in [0.29, 0.717) is 0 Å². The van der Waals surface area contributed by atoms with E-state index in [1.807, 2.05) is 12.1 Å². The van der Waals surface area contributed by atoms with Gasteiger partial charge in [-0.2, -0.15) is 0 Å². The first-order valence-electron chi connectivity index (χ1n) is 9.33. The Kier molecular flexibility index (Phi) is 7.16. The molecule has 132 valence electrons. The molecule has 1 aliphatic heterocycles. The smallest absolute Gasteiger partial charge is 0.117 e. The first-order valence-corrected chi connectivity index (χ1v) is 9.33. The molecule has 1 fully saturated rings. The molecular weight excluding hydrogens is 286 g/mol. The molecule has 0 radical (unpaired) electrons. The molecule has 2 heterocycles. The van der Waals surface area contributed by atoms with Crippen LogP contribution < -0.4 is 5.32 Å². The summed E-state index contributed by atoms with van der Waals surface area (Å²) >= 11 is 0. The van der Waals surface area contributed by atoms with Gasteiger partial charge in [0.2, 0.25) is 0 Å². The first-order chi connectivity index (χ1) is 11.0. The molecule has 2 atom stereocenters. The highest BCUT2D eigenvalue weighted by Crippen LogP contribution is 2.37. The first kappa shape index (κ1) is 18.5. The molecule has 0 aliphatic carbocycles. The molecule has 2 rings (SSSR count). The molecule has 0 spiro atoms. The van der Waals surface area contributed by atoms with Crippen LogP contribution in [0.4, 0.5) is 0 Å². The van der Waals surface area contributed by atoms with Crippen LogP contribution in [0.3, 0.4) is 0 Å². The molecule has 1 saturated heterocycles. The quantitative estimate of drug-likeness (QED) is 0.649. The highest BCUT2D eigenvalue weighted by Gasteiger charge is 2.33. The summed E-state index contributed by atoms with van der Waals surface area (Å²) in [5.41, 5.74) is 0.0561. The van der Waals surface area contributed by atoms with Gasteiger partial charge in [0.15, 0.2) is 0 Å². The summed E-state index contributed by atoms with van der Waals surface area (Å²) in [6, 6.07) is 3.98. The summed E-state index contributed by atoms with van der Waals surface area (Å²) in [6.07, 6.45) is 8.11. The Labute approximate surface area is 142 Å². The van der Waals surface area contributed by atoms with E-state index in [0.717, 1.165) is 43.2 Å². The SMILES string of the molecule is CC(C)CC[C@H](CCNCc1ccco1)[C@@H]1CCOC(C)(C)C1. The highest BCUT2D eigenvalue weighted by atomic mass is 16.5. The lowest BCUT2D eigenvalue weighted by atomic mass is 9.75. The number of hydrogen-bond acceptors (Lipinski definition) is 3. The van der Waals surface area contributed by atoms with Crippen LogP contribution in [0.1, 0.15) is 65.6 Å². The van der Waals surface area contributed by atoms with Crippen molar-refractivity contribution in [2.24, 2.45) is 17.8 Å². The van der Waals surface area contributed by atoms with Crippen LogP contribution in [-0.4, -0.2) is 18.8 Å². The van der Waals surface area contributed by atoms with Crippen molar-refractivity contribution in [3.63, 3.8) is 0 Å². The van der Waals surface area contributed by atoms with Crippen LogP contribution >= 0.6 is 0 Å². The van der Waals surface area contributed by atoms with E-state index in [1.54, 1.807) is 6.26 Å². The molecule has 3 nitrogen and oxygen atoms in total. The van der Waals surface area contributed by atoms with Gasteiger partial charge in [-0.15, -0.1) is 0 Å². The Morgan fingerprint density at radius 3 is 2.74 bits per heavy atom. The third kappa shape index (κ3) is 6.68. The predicted octanol–water partition coefficient (Wildman–Crippen LogP) is 5.02. The minimum atomic E-state index is 0.0561. The van der Waals surface area contributed by atoms with Gasteiger partial charge in [0.25, 0.3) is 0 Å². The Balaban J connectivity index is 1.80. The summed E-state index contributed by atoms with van der Waals surface area (Å²) in [5, 5.41) is 3.54. The van der Waals surface area contributed by atoms with Gasteiger partial charge in [-0.05, 0) is 76.0 Å². The van der Waals surface area contributed by atoms with Gasteiger partial charge in [-0.1, -0.05) is 20.3 Å². The van der Waals surface area contributed by atoms with E-state index in [2.05, 4.69) is 33.0 Å². The predicted molar refractivity (Wildman–Crippen MR) is 95.3 cm³/mol. The van der Waals surface area contributed by atoms with E-state index in [-0.39, 0.29) is 5.60 Å². The monoisotopic (exact) mass is 321 g/mol. The standard InChI is InChI=1S/C20H35NO2/c1-16(2)7-8-17(18-10-13-23-20(3,4)14-18)9-11-21-15-19-6-5-12-22-19/h5-6,12,16-18,21H,7-11,13-15H2,1-4H3/t17-,18-/m1/s1. The van der Waals surface area contributed by atoms with Crippen LogP contribution in [0.15, 0.2) is 22.8 Å². The van der Waals surface area contributed by atoms with Crippen molar-refractivity contribution in [3.8, 4) is 0 Å². The van der Waals surface area contributed by atoms with E-state index < -0.39 is 0 Å². The third-order valence-electron chi connectivity index (χ3n) is 5.09. The topological polar surface area (TPSA) is 34.4 Å². The second-order valence-corrected chi connectivity index (χ2v) is 8.14. The summed E-state index contributed by atoms with van der Waals surface area (Å²) in [6.45, 7) is 12.0. The molecule has 0 amide bonds. The lowest BCUT2D eigenvalue weighted by Crippen LogP contribution is -2.37. The van der Waals surface area contributed by atoms with Crippen molar-refractivity contribution in [2.45, 2.75) is 71.9 Å². The third-order valence-corrected chi connectivity index (χ3v) is 5.09. The van der Waals surface area contributed by atoms with Crippen LogP contribution in [0.5, 0.6) is 0 Å². The van der Waals surface area contributed by atoms with Gasteiger partial charge < -0.3 is 14.5 Å². The maximum atomic E-state index is 5.92. The number of ether oxygens (including phenoxy) is 1. The Hall–Kier alpha value is -0.800. The van der Waals surface area contributed by atoms with Crippen LogP contribution in [0.2, 0.25) is 0 Å². The maximum Gasteiger partial charge on any atom is 0.117 e. The van der Waals surface area contributed by atoms with Gasteiger partial charge >= 0.3 is 0 Å². The molecule has 1 N–H and O–H groups in total. The maximum absolute atomic E-state index is 5.92. The van der Waals surface area contributed by atoms with E-state index in [4.69, 9.17) is 9.15 Å². The van der Waals surface area contributed by atoms with Crippen LogP contribution in [0, 0.1) is 17.8 Å². The zero-order valence-electron chi connectivity index (χ0n) is 15.4. The number of nitrogens with one attached hydrogen (secondary N) is 1. The molecule has 0 bridgehead atoms. The minimum absolute atomic E-state index is 0.0561. The van der Waals surface area contributed by atoms with Gasteiger partial charge in [-0.25, -0.2) is 0 Å². The Morgan fingerprint density at radius 1 is 1.26 bits per heavy atom. The molecule has 23 heavy (non-hydrogen) atoms. The zero-order chi connectivity index (χ0) is 16.7. The van der Waals surface area contributed by atoms with Crippen LogP contribution in [-0.2, 0) is 11.3 Å². The van der Waals surface area contributed by atoms with Crippen molar-refractivity contribution in [1.82, 2.24) is 5.32 Å². The molecule has 1 aromatic rings. The van der Waals surface area contributed by atoms with Crippen molar-refractivity contribution in [1.29, 1.82) is 0 Å². The number of furan rings is 1. The normalized spacial score (nSPS) is 22.4. The van der Waals surface area contributed by atoms with Gasteiger partial charge in [0.05, 0.1) is 18.4 Å². The Bertz CT molecular complexity index is 425. The highest BCUT2D eigenvalue weighted by molar-refractivity contribution is 4.97. The lowest BCUT2D eigenvalue weighted by molar-refractivity contribution is -0.0839. The minimum Gasteiger partial charge on any atom is -0.468 e. The molecule has 0 saturated carbocycles. The van der Waals surface area contributed by atoms with Crippen molar-refractivity contribution in [3.05, 3.63) is 24.2 Å². The van der Waals surface area contributed by atoms with Gasteiger partial charge in [0, 0.05) is 6.61 Å². The fraction of sp³-hybridized carbons (Fsp3) is 0.800. The molecule has 0 aromatic carbocycles. The van der Waals surface area contributed by atoms with Gasteiger partial charge in [-0.3, -0.25) is 0 Å². The molecular formula is C20H35NO2. The average Bonchev–Trinajstić information content (AvgIpc) is 2.98. The lowest BCUT2D eigenvalue weighted by Gasteiger charge is -2.39. The van der Waals surface area contributed by atoms with Crippen molar-refractivity contribution >= 4 is 0 Å². The summed E-state index contributed by atoms with van der Waals surface area (Å²) in [4.78, 5) is 0. The largest absolute Gasteiger partial charge is 0.468 e. The summed E-state index contributed by atoms with van der Waals surface area (Å²) < 4.78 is 11.3. The fourth-order valence-electron chi connectivity index (χ4n) is 3.76. The second-order valence-electron chi connectivity index (χ2n) is 8.14. The summed E-state index contributed by atoms with van der Waals surface area (Å²) in [5.74, 6) is 3.44.